The van der Waals surface area contributed by atoms with Crippen molar-refractivity contribution in [2.24, 2.45) is 0 Å². The van der Waals surface area contributed by atoms with Crippen molar-refractivity contribution >= 4 is 33.9 Å². The number of rotatable bonds is 5. The number of nitrogens with one attached hydrogen (secondary N) is 2. The number of phenolic OH excluding ortho intramolecular Hbond substituents is 1. The predicted octanol–water partition coefficient (Wildman–Crippen LogP) is 4.23. The van der Waals surface area contributed by atoms with Crippen LogP contribution >= 0.6 is 11.8 Å². The third-order valence-electron chi connectivity index (χ3n) is 5.53. The Morgan fingerprint density at radius 1 is 1.13 bits per heavy atom. The van der Waals surface area contributed by atoms with Crippen LogP contribution in [0.4, 0.5) is 4.79 Å². The lowest BCUT2D eigenvalue weighted by Crippen LogP contribution is -2.25. The highest BCUT2D eigenvalue weighted by Gasteiger charge is 2.31. The van der Waals surface area contributed by atoms with Gasteiger partial charge in [0, 0.05) is 5.56 Å². The summed E-state index contributed by atoms with van der Waals surface area (Å²) < 4.78 is 6.04. The van der Waals surface area contributed by atoms with Gasteiger partial charge in [-0.2, -0.15) is 0 Å². The molecule has 0 bridgehead atoms. The van der Waals surface area contributed by atoms with Crippen LogP contribution in [0.5, 0.6) is 11.5 Å². The van der Waals surface area contributed by atoms with E-state index >= 15 is 0 Å². The van der Waals surface area contributed by atoms with Crippen molar-refractivity contribution in [3.05, 3.63) is 52.3 Å². The van der Waals surface area contributed by atoms with Crippen molar-refractivity contribution in [1.29, 1.82) is 0 Å². The minimum absolute atomic E-state index is 0.240. The number of imidazole rings is 1. The molecule has 0 radical (unpaired) electrons. The number of hydrogen-bond acceptors (Lipinski definition) is 6. The molecule has 2 aromatic carbocycles. The van der Waals surface area contributed by atoms with E-state index in [-0.39, 0.29) is 28.2 Å². The molecule has 8 heteroatoms. The van der Waals surface area contributed by atoms with Gasteiger partial charge in [-0.15, -0.1) is 0 Å². The minimum atomic E-state index is -0.384. The van der Waals surface area contributed by atoms with Gasteiger partial charge in [0.2, 0.25) is 5.91 Å². The number of thioether (sulfide) groups is 1. The topological polar surface area (TPSA) is 104 Å². The molecule has 2 atom stereocenters. The number of carbonyl (C=O) groups is 2. The summed E-state index contributed by atoms with van der Waals surface area (Å²) in [6.07, 6.45) is 0.168. The minimum Gasteiger partial charge on any atom is -0.507 e. The number of benzene rings is 2. The molecule has 2 amide bonds. The van der Waals surface area contributed by atoms with Crippen LogP contribution in [0.1, 0.15) is 41.1 Å². The molecule has 30 heavy (non-hydrogen) atoms. The first-order valence-corrected chi connectivity index (χ1v) is 10.6. The average Bonchev–Trinajstić information content (AvgIpc) is 3.30. The SMILES string of the molecule is Cc1c(O)c(C)c2nc(C(C)Oc3ccc(CC4SC(=O)NC4=O)cc3)[nH]c2c1C. The first kappa shape index (κ1) is 20.3. The Bertz CT molecular complexity index is 1110. The lowest BCUT2D eigenvalue weighted by Gasteiger charge is -2.13. The fraction of sp³-hybridized carbons (Fsp3) is 0.318. The summed E-state index contributed by atoms with van der Waals surface area (Å²) in [7, 11) is 0. The Hall–Kier alpha value is -3.00. The van der Waals surface area contributed by atoms with Crippen molar-refractivity contribution in [1.82, 2.24) is 15.3 Å². The van der Waals surface area contributed by atoms with Crippen LogP contribution in [0.2, 0.25) is 0 Å². The molecule has 1 fully saturated rings. The van der Waals surface area contributed by atoms with Gasteiger partial charge in [-0.1, -0.05) is 23.9 Å². The molecule has 2 unspecified atom stereocenters. The number of aromatic hydroxyl groups is 1. The van der Waals surface area contributed by atoms with Crippen molar-refractivity contribution < 1.29 is 19.4 Å². The maximum absolute atomic E-state index is 11.7. The number of imide groups is 1. The Balaban J connectivity index is 1.49. The molecule has 3 aromatic rings. The van der Waals surface area contributed by atoms with Crippen LogP contribution in [0.25, 0.3) is 11.0 Å². The number of aryl methyl sites for hydroxylation is 2. The zero-order valence-corrected chi connectivity index (χ0v) is 18.0. The van der Waals surface area contributed by atoms with Crippen LogP contribution in [-0.2, 0) is 11.2 Å². The number of amides is 2. The quantitative estimate of drug-likeness (QED) is 0.565. The molecule has 0 saturated carbocycles. The van der Waals surface area contributed by atoms with Crippen molar-refractivity contribution in [3.8, 4) is 11.5 Å². The molecule has 0 spiro atoms. The van der Waals surface area contributed by atoms with Gasteiger partial charge in [-0.3, -0.25) is 14.9 Å². The maximum atomic E-state index is 11.7. The van der Waals surface area contributed by atoms with Gasteiger partial charge in [-0.05, 0) is 62.9 Å². The van der Waals surface area contributed by atoms with Crippen LogP contribution in [0, 0.1) is 20.8 Å². The first-order chi connectivity index (χ1) is 14.2. The van der Waals surface area contributed by atoms with Crippen LogP contribution in [-0.4, -0.2) is 31.5 Å². The van der Waals surface area contributed by atoms with E-state index in [9.17, 15) is 14.7 Å². The number of hydrogen-bond donors (Lipinski definition) is 3. The molecule has 156 valence electrons. The van der Waals surface area contributed by atoms with Gasteiger partial charge >= 0.3 is 0 Å². The van der Waals surface area contributed by atoms with Crippen LogP contribution < -0.4 is 10.1 Å². The zero-order valence-electron chi connectivity index (χ0n) is 17.2. The van der Waals surface area contributed by atoms with Crippen LogP contribution in [0.3, 0.4) is 0 Å². The molecule has 3 N–H and O–H groups in total. The summed E-state index contributed by atoms with van der Waals surface area (Å²) in [6.45, 7) is 7.62. The number of fused-ring (bicyclic) bond motifs is 1. The third-order valence-corrected chi connectivity index (χ3v) is 6.52. The Morgan fingerprint density at radius 3 is 2.47 bits per heavy atom. The van der Waals surface area contributed by atoms with Gasteiger partial charge in [0.05, 0.1) is 16.3 Å². The predicted molar refractivity (Wildman–Crippen MR) is 116 cm³/mol. The van der Waals surface area contributed by atoms with E-state index in [1.807, 2.05) is 52.0 Å². The Morgan fingerprint density at radius 2 is 1.83 bits per heavy atom. The molecule has 4 rings (SSSR count). The molecular formula is C22H23N3O4S. The fourth-order valence-electron chi connectivity index (χ4n) is 3.59. The number of carbonyl (C=O) groups excluding carboxylic acids is 2. The summed E-state index contributed by atoms with van der Waals surface area (Å²) in [5.74, 6) is 1.40. The van der Waals surface area contributed by atoms with Gasteiger partial charge < -0.3 is 14.8 Å². The second-order valence-electron chi connectivity index (χ2n) is 7.56. The summed E-state index contributed by atoms with van der Waals surface area (Å²) in [6, 6.07) is 7.49. The molecule has 1 aromatic heterocycles. The maximum Gasteiger partial charge on any atom is 0.286 e. The van der Waals surface area contributed by atoms with Crippen molar-refractivity contribution in [2.45, 2.75) is 45.5 Å². The van der Waals surface area contributed by atoms with Gasteiger partial charge in [0.25, 0.3) is 5.24 Å². The number of aromatic nitrogens is 2. The van der Waals surface area contributed by atoms with E-state index in [2.05, 4.69) is 15.3 Å². The summed E-state index contributed by atoms with van der Waals surface area (Å²) in [5.41, 5.74) is 5.17. The first-order valence-electron chi connectivity index (χ1n) is 9.70. The molecular weight excluding hydrogens is 402 g/mol. The second kappa shape index (κ2) is 7.68. The highest BCUT2D eigenvalue weighted by atomic mass is 32.2. The Labute approximate surface area is 178 Å². The third kappa shape index (κ3) is 3.63. The molecule has 1 aliphatic heterocycles. The number of phenols is 1. The smallest absolute Gasteiger partial charge is 0.286 e. The van der Waals surface area contributed by atoms with Gasteiger partial charge in [0.1, 0.15) is 17.3 Å². The number of H-pyrrole nitrogens is 1. The normalized spacial score (nSPS) is 17.4. The second-order valence-corrected chi connectivity index (χ2v) is 8.74. The number of ether oxygens (including phenoxy) is 1. The number of aromatic amines is 1. The lowest BCUT2D eigenvalue weighted by atomic mass is 10.0. The largest absolute Gasteiger partial charge is 0.507 e. The van der Waals surface area contributed by atoms with E-state index in [1.165, 1.54) is 0 Å². The highest BCUT2D eigenvalue weighted by molar-refractivity contribution is 8.15. The highest BCUT2D eigenvalue weighted by Crippen LogP contribution is 2.34. The van der Waals surface area contributed by atoms with Crippen molar-refractivity contribution in [3.63, 3.8) is 0 Å². The van der Waals surface area contributed by atoms with Gasteiger partial charge in [0.15, 0.2) is 6.10 Å². The van der Waals surface area contributed by atoms with E-state index in [4.69, 9.17) is 4.74 Å². The molecule has 7 nitrogen and oxygen atoms in total. The summed E-state index contributed by atoms with van der Waals surface area (Å²) >= 11 is 1.03. The number of nitrogens with zero attached hydrogens (tertiary/aromatic N) is 1. The summed E-state index contributed by atoms with van der Waals surface area (Å²) in [4.78, 5) is 31.0. The van der Waals surface area contributed by atoms with Crippen molar-refractivity contribution in [2.75, 3.05) is 0 Å². The van der Waals surface area contributed by atoms with Gasteiger partial charge in [-0.25, -0.2) is 4.98 Å². The average molecular weight is 426 g/mol. The summed E-state index contributed by atoms with van der Waals surface area (Å²) in [5, 5.41) is 11.9. The van der Waals surface area contributed by atoms with E-state index < -0.39 is 0 Å². The van der Waals surface area contributed by atoms with Crippen LogP contribution in [0.15, 0.2) is 24.3 Å². The molecule has 0 aliphatic carbocycles. The molecule has 2 heterocycles. The lowest BCUT2D eigenvalue weighted by molar-refractivity contribution is -0.118. The van der Waals surface area contributed by atoms with E-state index in [0.717, 1.165) is 45.0 Å². The molecule has 1 aliphatic rings. The van der Waals surface area contributed by atoms with E-state index in [0.29, 0.717) is 18.0 Å². The zero-order chi connectivity index (χ0) is 21.6. The fourth-order valence-corrected chi connectivity index (χ4v) is 4.45. The van der Waals surface area contributed by atoms with E-state index in [1.54, 1.807) is 0 Å². The molecule has 1 saturated heterocycles. The standard InChI is InChI=1S/C22H23N3O4S/c1-10-11(2)19(26)12(3)18-17(10)23-20(24-18)13(4)29-15-7-5-14(6-8-15)9-16-21(27)25-22(28)30-16/h5-8,13,16,26H,9H2,1-4H3,(H,23,24)(H,25,27,28). The Kier molecular flexibility index (Phi) is 5.19. The monoisotopic (exact) mass is 425 g/mol.